The molecule has 0 aliphatic carbocycles. The van der Waals surface area contributed by atoms with Crippen molar-refractivity contribution >= 4 is 11.8 Å². The first-order valence-electron chi connectivity index (χ1n) is 5.07. The molecule has 17 heavy (non-hydrogen) atoms. The summed E-state index contributed by atoms with van der Waals surface area (Å²) in [7, 11) is 1.89. The molecule has 8 nitrogen and oxygen atoms in total. The molecule has 2 aromatic heterocycles. The third-order valence-corrected chi connectivity index (χ3v) is 2.32. The van der Waals surface area contributed by atoms with Crippen LogP contribution >= 0.6 is 0 Å². The zero-order chi connectivity index (χ0) is 12.3. The summed E-state index contributed by atoms with van der Waals surface area (Å²) >= 11 is 0. The molecule has 0 aliphatic heterocycles. The van der Waals surface area contributed by atoms with Gasteiger partial charge < -0.3 is 9.88 Å². The molecular formula is C9H14N8. The molecule has 4 N–H and O–H groups in total. The van der Waals surface area contributed by atoms with Gasteiger partial charge in [0.15, 0.2) is 5.82 Å². The Kier molecular flexibility index (Phi) is 3.15. The molecule has 0 saturated carbocycles. The standard InChI is InChI=1S/C9H14N8/c1-6-3-12-9(15-10)14-8(6)11-4-7-16-13-5-17(7)2/h3,5H,4,10H2,1-2H3,(H2,11,12,14,15). The van der Waals surface area contributed by atoms with E-state index in [4.69, 9.17) is 5.84 Å². The molecule has 0 fully saturated rings. The Labute approximate surface area is 98.3 Å². The molecule has 2 aromatic rings. The van der Waals surface area contributed by atoms with E-state index in [1.165, 1.54) is 0 Å². The first kappa shape index (κ1) is 11.3. The van der Waals surface area contributed by atoms with E-state index in [2.05, 4.69) is 30.9 Å². The Morgan fingerprint density at radius 1 is 1.47 bits per heavy atom. The second kappa shape index (κ2) is 4.74. The van der Waals surface area contributed by atoms with Crippen LogP contribution < -0.4 is 16.6 Å². The van der Waals surface area contributed by atoms with Gasteiger partial charge in [0.2, 0.25) is 5.95 Å². The first-order chi connectivity index (χ1) is 8.20. The Morgan fingerprint density at radius 3 is 2.94 bits per heavy atom. The van der Waals surface area contributed by atoms with Crippen LogP contribution in [0, 0.1) is 6.92 Å². The summed E-state index contributed by atoms with van der Waals surface area (Å²) in [5.41, 5.74) is 3.34. The predicted molar refractivity (Wildman–Crippen MR) is 62.9 cm³/mol. The number of hydrazine groups is 1. The minimum atomic E-state index is 0.371. The fourth-order valence-electron chi connectivity index (χ4n) is 1.32. The molecular weight excluding hydrogens is 220 g/mol. The van der Waals surface area contributed by atoms with Crippen molar-refractivity contribution in [1.82, 2.24) is 24.7 Å². The Balaban J connectivity index is 2.11. The lowest BCUT2D eigenvalue weighted by atomic mass is 10.3. The zero-order valence-electron chi connectivity index (χ0n) is 9.68. The normalized spacial score (nSPS) is 10.3. The van der Waals surface area contributed by atoms with Crippen LogP contribution in [-0.2, 0) is 13.6 Å². The molecule has 0 saturated heterocycles. The van der Waals surface area contributed by atoms with Gasteiger partial charge in [0.05, 0.1) is 6.54 Å². The third-order valence-electron chi connectivity index (χ3n) is 2.32. The van der Waals surface area contributed by atoms with E-state index in [9.17, 15) is 0 Å². The highest BCUT2D eigenvalue weighted by Gasteiger charge is 2.05. The number of nitrogens with zero attached hydrogens (tertiary/aromatic N) is 5. The maximum absolute atomic E-state index is 5.25. The molecule has 0 unspecified atom stereocenters. The van der Waals surface area contributed by atoms with Crippen molar-refractivity contribution < 1.29 is 0 Å². The van der Waals surface area contributed by atoms with Crippen molar-refractivity contribution in [3.63, 3.8) is 0 Å². The van der Waals surface area contributed by atoms with Gasteiger partial charge in [-0.25, -0.2) is 10.8 Å². The molecule has 90 valence electrons. The number of rotatable bonds is 4. The van der Waals surface area contributed by atoms with Crippen molar-refractivity contribution in [2.45, 2.75) is 13.5 Å². The lowest BCUT2D eigenvalue weighted by Crippen LogP contribution is -2.13. The zero-order valence-corrected chi connectivity index (χ0v) is 9.68. The molecule has 0 aliphatic rings. The van der Waals surface area contributed by atoms with Crippen LogP contribution in [0.1, 0.15) is 11.4 Å². The lowest BCUT2D eigenvalue weighted by molar-refractivity contribution is 0.809. The average Bonchev–Trinajstić information content (AvgIpc) is 2.74. The Morgan fingerprint density at radius 2 is 2.29 bits per heavy atom. The van der Waals surface area contributed by atoms with Crippen LogP contribution in [0.4, 0.5) is 11.8 Å². The predicted octanol–water partition coefficient (Wildman–Crippen LogP) is -0.189. The molecule has 0 bridgehead atoms. The molecule has 0 aromatic carbocycles. The summed E-state index contributed by atoms with van der Waals surface area (Å²) < 4.78 is 1.84. The van der Waals surface area contributed by atoms with Gasteiger partial charge in [0, 0.05) is 18.8 Å². The summed E-state index contributed by atoms with van der Waals surface area (Å²) in [6.07, 6.45) is 3.35. The van der Waals surface area contributed by atoms with Gasteiger partial charge >= 0.3 is 0 Å². The van der Waals surface area contributed by atoms with E-state index in [1.807, 2.05) is 18.5 Å². The quantitative estimate of drug-likeness (QED) is 0.497. The number of nitrogens with one attached hydrogen (secondary N) is 2. The molecule has 0 amide bonds. The molecule has 0 radical (unpaired) electrons. The number of hydrogen-bond donors (Lipinski definition) is 3. The highest BCUT2D eigenvalue weighted by atomic mass is 15.3. The number of hydrogen-bond acceptors (Lipinski definition) is 7. The fraction of sp³-hybridized carbons (Fsp3) is 0.333. The van der Waals surface area contributed by atoms with Gasteiger partial charge in [-0.3, -0.25) is 5.43 Å². The SMILES string of the molecule is Cc1cnc(NN)nc1NCc1nncn1C. The monoisotopic (exact) mass is 234 g/mol. The number of anilines is 2. The van der Waals surface area contributed by atoms with Crippen LogP contribution in [0.15, 0.2) is 12.5 Å². The maximum atomic E-state index is 5.25. The second-order valence-corrected chi connectivity index (χ2v) is 3.58. The Hall–Kier alpha value is -2.22. The summed E-state index contributed by atoms with van der Waals surface area (Å²) in [5, 5.41) is 10.9. The summed E-state index contributed by atoms with van der Waals surface area (Å²) in [5.74, 6) is 7.17. The maximum Gasteiger partial charge on any atom is 0.239 e. The van der Waals surface area contributed by atoms with E-state index in [1.54, 1.807) is 12.5 Å². The van der Waals surface area contributed by atoms with Gasteiger partial charge in [-0.15, -0.1) is 10.2 Å². The number of aryl methyl sites for hydroxylation is 2. The molecule has 2 rings (SSSR count). The smallest absolute Gasteiger partial charge is 0.239 e. The van der Waals surface area contributed by atoms with Crippen LogP contribution in [0.2, 0.25) is 0 Å². The van der Waals surface area contributed by atoms with Crippen molar-refractivity contribution in [1.29, 1.82) is 0 Å². The van der Waals surface area contributed by atoms with Gasteiger partial charge in [-0.05, 0) is 6.92 Å². The fourth-order valence-corrected chi connectivity index (χ4v) is 1.32. The topological polar surface area (TPSA) is 107 Å². The number of aromatic nitrogens is 5. The van der Waals surface area contributed by atoms with Gasteiger partial charge in [-0.2, -0.15) is 4.98 Å². The van der Waals surface area contributed by atoms with Crippen LogP contribution in [0.5, 0.6) is 0 Å². The molecule has 8 heteroatoms. The number of nitrogens with two attached hydrogens (primary N) is 1. The van der Waals surface area contributed by atoms with Gasteiger partial charge in [0.1, 0.15) is 12.1 Å². The minimum Gasteiger partial charge on any atom is -0.362 e. The minimum absolute atomic E-state index is 0.371. The van der Waals surface area contributed by atoms with E-state index >= 15 is 0 Å². The van der Waals surface area contributed by atoms with Crippen molar-refractivity contribution in [2.24, 2.45) is 12.9 Å². The van der Waals surface area contributed by atoms with E-state index < -0.39 is 0 Å². The van der Waals surface area contributed by atoms with Crippen molar-refractivity contribution in [2.75, 3.05) is 10.7 Å². The van der Waals surface area contributed by atoms with Crippen LogP contribution in [-0.4, -0.2) is 24.7 Å². The molecule has 2 heterocycles. The summed E-state index contributed by atoms with van der Waals surface area (Å²) in [6.45, 7) is 2.46. The first-order valence-corrected chi connectivity index (χ1v) is 5.07. The lowest BCUT2D eigenvalue weighted by Gasteiger charge is -2.08. The van der Waals surface area contributed by atoms with E-state index in [0.717, 1.165) is 17.2 Å². The largest absolute Gasteiger partial charge is 0.362 e. The van der Waals surface area contributed by atoms with E-state index in [-0.39, 0.29) is 0 Å². The van der Waals surface area contributed by atoms with Crippen LogP contribution in [0.25, 0.3) is 0 Å². The second-order valence-electron chi connectivity index (χ2n) is 3.58. The average molecular weight is 234 g/mol. The van der Waals surface area contributed by atoms with Gasteiger partial charge in [0.25, 0.3) is 0 Å². The van der Waals surface area contributed by atoms with Gasteiger partial charge in [-0.1, -0.05) is 0 Å². The molecule has 0 atom stereocenters. The third kappa shape index (κ3) is 2.48. The molecule has 0 spiro atoms. The van der Waals surface area contributed by atoms with E-state index in [0.29, 0.717) is 12.5 Å². The highest BCUT2D eigenvalue weighted by molar-refractivity contribution is 5.45. The summed E-state index contributed by atoms with van der Waals surface area (Å²) in [4.78, 5) is 8.20. The van der Waals surface area contributed by atoms with Crippen LogP contribution in [0.3, 0.4) is 0 Å². The van der Waals surface area contributed by atoms with Crippen molar-refractivity contribution in [3.8, 4) is 0 Å². The van der Waals surface area contributed by atoms with Crippen molar-refractivity contribution in [3.05, 3.63) is 23.9 Å². The Bertz CT molecular complexity index is 505. The highest BCUT2D eigenvalue weighted by Crippen LogP contribution is 2.12. The summed E-state index contributed by atoms with van der Waals surface area (Å²) in [6, 6.07) is 0. The number of nitrogen functional groups attached to an aromatic ring is 1.